The number of hydrogen-bond donors (Lipinski definition) is 2. The fourth-order valence-corrected chi connectivity index (χ4v) is 2.04. The Bertz CT molecular complexity index is 533. The average molecular weight is 295 g/mol. The first-order chi connectivity index (χ1) is 8.10. The molecule has 0 amide bonds. The van der Waals surface area contributed by atoms with Crippen LogP contribution in [0.5, 0.6) is 0 Å². The molecule has 5 heteroatoms. The van der Waals surface area contributed by atoms with E-state index >= 15 is 0 Å². The van der Waals surface area contributed by atoms with Crippen molar-refractivity contribution in [2.45, 2.75) is 13.3 Å². The maximum atomic E-state index is 5.93. The van der Waals surface area contributed by atoms with Crippen molar-refractivity contribution in [1.82, 2.24) is 9.78 Å². The lowest BCUT2D eigenvalue weighted by molar-refractivity contribution is 0.746. The lowest BCUT2D eigenvalue weighted by Gasteiger charge is -2.09. The number of nitrogens with one attached hydrogen (secondary N) is 1. The van der Waals surface area contributed by atoms with Gasteiger partial charge in [0.15, 0.2) is 0 Å². The largest absolute Gasteiger partial charge is 0.397 e. The first kappa shape index (κ1) is 12.0. The molecule has 1 aromatic heterocycles. The van der Waals surface area contributed by atoms with Crippen LogP contribution >= 0.6 is 15.9 Å². The third kappa shape index (κ3) is 2.61. The molecule has 0 spiro atoms. The smallest absolute Gasteiger partial charge is 0.0856 e. The van der Waals surface area contributed by atoms with Gasteiger partial charge in [-0.1, -0.05) is 22.9 Å². The number of rotatable bonds is 3. The summed E-state index contributed by atoms with van der Waals surface area (Å²) in [7, 11) is 1.91. The van der Waals surface area contributed by atoms with E-state index in [0.717, 1.165) is 33.6 Å². The molecule has 0 saturated carbocycles. The van der Waals surface area contributed by atoms with Gasteiger partial charge >= 0.3 is 0 Å². The predicted octanol–water partition coefficient (Wildman–Crippen LogP) is 3.07. The van der Waals surface area contributed by atoms with E-state index in [1.54, 1.807) is 4.68 Å². The number of halogens is 1. The van der Waals surface area contributed by atoms with E-state index in [2.05, 4.69) is 33.3 Å². The van der Waals surface area contributed by atoms with Crippen molar-refractivity contribution in [1.29, 1.82) is 0 Å². The van der Waals surface area contributed by atoms with Crippen LogP contribution in [0.3, 0.4) is 0 Å². The number of nitrogens with two attached hydrogens (primary N) is 1. The van der Waals surface area contributed by atoms with Crippen LogP contribution < -0.4 is 11.1 Å². The van der Waals surface area contributed by atoms with Crippen LogP contribution in [0.1, 0.15) is 12.6 Å². The Hall–Kier alpha value is -1.49. The van der Waals surface area contributed by atoms with E-state index in [1.165, 1.54) is 0 Å². The van der Waals surface area contributed by atoms with E-state index < -0.39 is 0 Å². The highest BCUT2D eigenvalue weighted by Gasteiger charge is 2.07. The zero-order chi connectivity index (χ0) is 12.4. The summed E-state index contributed by atoms with van der Waals surface area (Å²) in [6.45, 7) is 2.08. The maximum Gasteiger partial charge on any atom is 0.0856 e. The molecule has 2 rings (SSSR count). The Morgan fingerprint density at radius 1 is 1.41 bits per heavy atom. The highest BCUT2D eigenvalue weighted by atomic mass is 79.9. The lowest BCUT2D eigenvalue weighted by atomic mass is 10.2. The molecule has 0 aliphatic rings. The molecule has 1 heterocycles. The third-order valence-corrected chi connectivity index (χ3v) is 3.02. The molecule has 0 saturated heterocycles. The van der Waals surface area contributed by atoms with E-state index in [9.17, 15) is 0 Å². The Labute approximate surface area is 109 Å². The van der Waals surface area contributed by atoms with E-state index in [1.807, 2.05) is 31.4 Å². The average Bonchev–Trinajstić information content (AvgIpc) is 2.64. The van der Waals surface area contributed by atoms with Gasteiger partial charge in [-0.15, -0.1) is 0 Å². The van der Waals surface area contributed by atoms with E-state index in [4.69, 9.17) is 5.73 Å². The molecule has 4 nitrogen and oxygen atoms in total. The van der Waals surface area contributed by atoms with Gasteiger partial charge in [0.05, 0.1) is 22.8 Å². The summed E-state index contributed by atoms with van der Waals surface area (Å²) in [5, 5.41) is 7.69. The first-order valence-corrected chi connectivity index (χ1v) is 6.24. The van der Waals surface area contributed by atoms with Crippen molar-refractivity contribution in [3.63, 3.8) is 0 Å². The normalized spacial score (nSPS) is 10.5. The number of aryl methyl sites for hydroxylation is 2. The number of aromatic nitrogens is 2. The van der Waals surface area contributed by atoms with Crippen molar-refractivity contribution in [3.05, 3.63) is 34.6 Å². The third-order valence-electron chi connectivity index (χ3n) is 2.52. The van der Waals surface area contributed by atoms with Gasteiger partial charge in [-0.2, -0.15) is 5.10 Å². The Balaban J connectivity index is 2.33. The second-order valence-corrected chi connectivity index (χ2v) is 4.79. The van der Waals surface area contributed by atoms with E-state index in [0.29, 0.717) is 0 Å². The topological polar surface area (TPSA) is 55.9 Å². The minimum atomic E-state index is 0.721. The Morgan fingerprint density at radius 3 is 2.88 bits per heavy atom. The Kier molecular flexibility index (Phi) is 3.38. The van der Waals surface area contributed by atoms with Crippen LogP contribution in [0, 0.1) is 0 Å². The second kappa shape index (κ2) is 4.79. The molecule has 0 radical (unpaired) electrons. The molecule has 0 unspecified atom stereocenters. The first-order valence-electron chi connectivity index (χ1n) is 5.44. The zero-order valence-corrected chi connectivity index (χ0v) is 11.5. The van der Waals surface area contributed by atoms with Crippen LogP contribution in [0.25, 0.3) is 0 Å². The molecule has 90 valence electrons. The SMILES string of the molecule is CCc1nn(C)cc1Nc1cc(Br)ccc1N. The van der Waals surface area contributed by atoms with Gasteiger partial charge in [0.25, 0.3) is 0 Å². The molecule has 17 heavy (non-hydrogen) atoms. The van der Waals surface area contributed by atoms with Gasteiger partial charge < -0.3 is 11.1 Å². The second-order valence-electron chi connectivity index (χ2n) is 3.87. The minimum absolute atomic E-state index is 0.721. The summed E-state index contributed by atoms with van der Waals surface area (Å²) in [4.78, 5) is 0. The maximum absolute atomic E-state index is 5.93. The van der Waals surface area contributed by atoms with Gasteiger partial charge in [0, 0.05) is 17.7 Å². The summed E-state index contributed by atoms with van der Waals surface area (Å²) < 4.78 is 2.80. The van der Waals surface area contributed by atoms with Crippen LogP contribution in [0.15, 0.2) is 28.9 Å². The fraction of sp³-hybridized carbons (Fsp3) is 0.250. The molecule has 0 bridgehead atoms. The van der Waals surface area contributed by atoms with E-state index in [-0.39, 0.29) is 0 Å². The van der Waals surface area contributed by atoms with Gasteiger partial charge in [0.1, 0.15) is 0 Å². The molecule has 0 aliphatic carbocycles. The highest BCUT2D eigenvalue weighted by Crippen LogP contribution is 2.28. The monoisotopic (exact) mass is 294 g/mol. The van der Waals surface area contributed by atoms with Crippen LogP contribution in [0.2, 0.25) is 0 Å². The molecule has 0 atom stereocenters. The highest BCUT2D eigenvalue weighted by molar-refractivity contribution is 9.10. The summed E-state index contributed by atoms with van der Waals surface area (Å²) in [5.41, 5.74) is 9.57. The molecule has 2 aromatic rings. The number of nitrogens with zero attached hydrogens (tertiary/aromatic N) is 2. The predicted molar refractivity (Wildman–Crippen MR) is 74.4 cm³/mol. The Morgan fingerprint density at radius 2 is 2.18 bits per heavy atom. The van der Waals surface area contributed by atoms with Crippen molar-refractivity contribution in [3.8, 4) is 0 Å². The summed E-state index contributed by atoms with van der Waals surface area (Å²) in [6.07, 6.45) is 2.84. The molecule has 3 N–H and O–H groups in total. The quantitative estimate of drug-likeness (QED) is 0.856. The summed E-state index contributed by atoms with van der Waals surface area (Å²) in [5.74, 6) is 0. The number of benzene rings is 1. The van der Waals surface area contributed by atoms with Crippen molar-refractivity contribution < 1.29 is 0 Å². The number of hydrogen-bond acceptors (Lipinski definition) is 3. The van der Waals surface area contributed by atoms with Crippen molar-refractivity contribution in [2.24, 2.45) is 7.05 Å². The molecular weight excluding hydrogens is 280 g/mol. The summed E-state index contributed by atoms with van der Waals surface area (Å²) >= 11 is 3.43. The summed E-state index contributed by atoms with van der Waals surface area (Å²) in [6, 6.07) is 5.75. The van der Waals surface area contributed by atoms with Crippen molar-refractivity contribution in [2.75, 3.05) is 11.1 Å². The molecule has 0 fully saturated rings. The van der Waals surface area contributed by atoms with Gasteiger partial charge in [-0.3, -0.25) is 4.68 Å². The molecular formula is C12H15BrN4. The number of anilines is 3. The van der Waals surface area contributed by atoms with Gasteiger partial charge in [0.2, 0.25) is 0 Å². The number of nitrogen functional groups attached to an aromatic ring is 1. The van der Waals surface area contributed by atoms with Crippen LogP contribution in [0.4, 0.5) is 17.1 Å². The molecule has 0 aliphatic heterocycles. The molecule has 1 aromatic carbocycles. The van der Waals surface area contributed by atoms with Crippen LogP contribution in [-0.2, 0) is 13.5 Å². The lowest BCUT2D eigenvalue weighted by Crippen LogP contribution is -1.97. The van der Waals surface area contributed by atoms with Gasteiger partial charge in [-0.25, -0.2) is 0 Å². The minimum Gasteiger partial charge on any atom is -0.397 e. The zero-order valence-electron chi connectivity index (χ0n) is 9.87. The van der Waals surface area contributed by atoms with Gasteiger partial charge in [-0.05, 0) is 24.6 Å². The van der Waals surface area contributed by atoms with Crippen molar-refractivity contribution >= 4 is 33.0 Å². The standard InChI is InChI=1S/C12H15BrN4/c1-3-10-12(7-17(2)16-10)15-11-6-8(13)4-5-9(11)14/h4-7,15H,3,14H2,1-2H3. The fourth-order valence-electron chi connectivity index (χ4n) is 1.68. The van der Waals surface area contributed by atoms with Crippen LogP contribution in [-0.4, -0.2) is 9.78 Å².